The van der Waals surface area contributed by atoms with E-state index in [4.69, 9.17) is 5.73 Å². The quantitative estimate of drug-likeness (QED) is 0.724. The molecule has 0 aliphatic rings. The van der Waals surface area contributed by atoms with Gasteiger partial charge in [0.2, 0.25) is 0 Å². The first-order valence-corrected chi connectivity index (χ1v) is 4.48. The summed E-state index contributed by atoms with van der Waals surface area (Å²) in [6, 6.07) is 4.05. The van der Waals surface area contributed by atoms with E-state index in [1.165, 1.54) is 4.88 Å². The maximum Gasteiger partial charge on any atom is 0.130 e. The standard InChI is InChI=1S/C8H9N3S/c1-11-8(9)6(5-10-11)7-3-2-4-12-7/h2-5H,9H2,1H3. The fourth-order valence-corrected chi connectivity index (χ4v) is 1.81. The van der Waals surface area contributed by atoms with E-state index >= 15 is 0 Å². The molecule has 3 nitrogen and oxygen atoms in total. The van der Waals surface area contributed by atoms with Gasteiger partial charge in [-0.25, -0.2) is 0 Å². The second kappa shape index (κ2) is 2.64. The van der Waals surface area contributed by atoms with Crippen molar-refractivity contribution in [2.75, 3.05) is 5.73 Å². The average molecular weight is 179 g/mol. The molecule has 2 aromatic heterocycles. The van der Waals surface area contributed by atoms with Crippen LogP contribution in [-0.2, 0) is 7.05 Å². The van der Waals surface area contributed by atoms with Gasteiger partial charge in [-0.2, -0.15) is 5.10 Å². The zero-order valence-electron chi connectivity index (χ0n) is 6.69. The van der Waals surface area contributed by atoms with Gasteiger partial charge in [-0.15, -0.1) is 11.3 Å². The molecule has 62 valence electrons. The van der Waals surface area contributed by atoms with Crippen LogP contribution in [0.5, 0.6) is 0 Å². The molecule has 0 aliphatic heterocycles. The van der Waals surface area contributed by atoms with Crippen molar-refractivity contribution in [1.82, 2.24) is 9.78 Å². The van der Waals surface area contributed by atoms with Crippen LogP contribution >= 0.6 is 11.3 Å². The van der Waals surface area contributed by atoms with E-state index in [0.29, 0.717) is 0 Å². The molecule has 0 aliphatic carbocycles. The molecule has 4 heteroatoms. The van der Waals surface area contributed by atoms with Crippen molar-refractivity contribution in [2.45, 2.75) is 0 Å². The predicted octanol–water partition coefficient (Wildman–Crippen LogP) is 1.73. The van der Waals surface area contributed by atoms with E-state index in [1.807, 2.05) is 24.6 Å². The Kier molecular flexibility index (Phi) is 1.62. The molecule has 0 amide bonds. The summed E-state index contributed by atoms with van der Waals surface area (Å²) >= 11 is 1.67. The molecule has 0 atom stereocenters. The number of hydrogen-bond acceptors (Lipinski definition) is 3. The maximum absolute atomic E-state index is 5.80. The fraction of sp³-hybridized carbons (Fsp3) is 0.125. The lowest BCUT2D eigenvalue weighted by Crippen LogP contribution is -1.97. The molecule has 0 aromatic carbocycles. The van der Waals surface area contributed by atoms with Gasteiger partial charge in [-0.3, -0.25) is 4.68 Å². The maximum atomic E-state index is 5.80. The van der Waals surface area contributed by atoms with Crippen molar-refractivity contribution < 1.29 is 0 Å². The normalized spacial score (nSPS) is 10.4. The highest BCUT2D eigenvalue weighted by Crippen LogP contribution is 2.28. The average Bonchev–Trinajstić information content (AvgIpc) is 2.64. The lowest BCUT2D eigenvalue weighted by atomic mass is 10.3. The third kappa shape index (κ3) is 1.00. The van der Waals surface area contributed by atoms with Crippen molar-refractivity contribution in [1.29, 1.82) is 0 Å². The number of hydrogen-bond donors (Lipinski definition) is 1. The van der Waals surface area contributed by atoms with Gasteiger partial charge in [0.05, 0.1) is 11.8 Å². The number of anilines is 1. The molecule has 0 bridgehead atoms. The van der Waals surface area contributed by atoms with E-state index < -0.39 is 0 Å². The van der Waals surface area contributed by atoms with Gasteiger partial charge in [0, 0.05) is 11.9 Å². The highest BCUT2D eigenvalue weighted by Gasteiger charge is 2.06. The topological polar surface area (TPSA) is 43.8 Å². The second-order valence-corrected chi connectivity index (χ2v) is 3.49. The highest BCUT2D eigenvalue weighted by molar-refractivity contribution is 7.13. The first kappa shape index (κ1) is 7.36. The summed E-state index contributed by atoms with van der Waals surface area (Å²) in [4.78, 5) is 1.17. The first-order chi connectivity index (χ1) is 5.79. The summed E-state index contributed by atoms with van der Waals surface area (Å²) in [5.41, 5.74) is 6.82. The zero-order valence-corrected chi connectivity index (χ0v) is 7.51. The van der Waals surface area contributed by atoms with Crippen LogP contribution in [0.15, 0.2) is 23.7 Å². The van der Waals surface area contributed by atoms with Crippen LogP contribution in [-0.4, -0.2) is 9.78 Å². The Balaban J connectivity index is 2.55. The fourth-order valence-electron chi connectivity index (χ4n) is 1.07. The highest BCUT2D eigenvalue weighted by atomic mass is 32.1. The number of aryl methyl sites for hydroxylation is 1. The molecule has 2 heterocycles. The monoisotopic (exact) mass is 179 g/mol. The molecule has 2 N–H and O–H groups in total. The molecule has 0 saturated carbocycles. The van der Waals surface area contributed by atoms with Gasteiger partial charge in [-0.05, 0) is 11.4 Å². The minimum atomic E-state index is 0.720. The summed E-state index contributed by atoms with van der Waals surface area (Å²) in [6.07, 6.45) is 1.79. The smallest absolute Gasteiger partial charge is 0.130 e. The van der Waals surface area contributed by atoms with Crippen LogP contribution in [0.3, 0.4) is 0 Å². The lowest BCUT2D eigenvalue weighted by molar-refractivity contribution is 0.779. The van der Waals surface area contributed by atoms with Crippen LogP contribution in [0.1, 0.15) is 0 Å². The molecule has 0 radical (unpaired) electrons. The number of nitrogens with zero attached hydrogens (tertiary/aromatic N) is 2. The Morgan fingerprint density at radius 1 is 1.58 bits per heavy atom. The minimum absolute atomic E-state index is 0.720. The van der Waals surface area contributed by atoms with Gasteiger partial charge >= 0.3 is 0 Å². The zero-order chi connectivity index (χ0) is 8.55. The van der Waals surface area contributed by atoms with Crippen molar-refractivity contribution in [2.24, 2.45) is 7.05 Å². The Morgan fingerprint density at radius 3 is 2.92 bits per heavy atom. The van der Waals surface area contributed by atoms with E-state index in [-0.39, 0.29) is 0 Å². The van der Waals surface area contributed by atoms with Crippen LogP contribution in [0, 0.1) is 0 Å². The number of aromatic nitrogens is 2. The first-order valence-electron chi connectivity index (χ1n) is 3.60. The molecule has 0 saturated heterocycles. The Labute approximate surface area is 74.4 Å². The van der Waals surface area contributed by atoms with Crippen molar-refractivity contribution >= 4 is 17.2 Å². The number of nitrogen functional groups attached to an aromatic ring is 1. The van der Waals surface area contributed by atoms with Crippen molar-refractivity contribution in [3.8, 4) is 10.4 Å². The Hall–Kier alpha value is -1.29. The Morgan fingerprint density at radius 2 is 2.42 bits per heavy atom. The van der Waals surface area contributed by atoms with Crippen LogP contribution in [0.25, 0.3) is 10.4 Å². The predicted molar refractivity (Wildman–Crippen MR) is 50.9 cm³/mol. The Bertz CT molecular complexity index is 375. The second-order valence-electron chi connectivity index (χ2n) is 2.54. The minimum Gasteiger partial charge on any atom is -0.383 e. The number of nitrogens with two attached hydrogens (primary N) is 1. The molecule has 0 unspecified atom stereocenters. The van der Waals surface area contributed by atoms with E-state index in [9.17, 15) is 0 Å². The van der Waals surface area contributed by atoms with Gasteiger partial charge in [-0.1, -0.05) is 6.07 Å². The largest absolute Gasteiger partial charge is 0.383 e. The third-order valence-electron chi connectivity index (χ3n) is 1.77. The number of thiophene rings is 1. The van der Waals surface area contributed by atoms with E-state index in [0.717, 1.165) is 11.4 Å². The molecular weight excluding hydrogens is 170 g/mol. The van der Waals surface area contributed by atoms with Crippen LogP contribution < -0.4 is 5.73 Å². The summed E-state index contributed by atoms with van der Waals surface area (Å²) in [6.45, 7) is 0. The third-order valence-corrected chi connectivity index (χ3v) is 2.67. The van der Waals surface area contributed by atoms with Gasteiger partial charge in [0.1, 0.15) is 5.82 Å². The van der Waals surface area contributed by atoms with Crippen molar-refractivity contribution in [3.05, 3.63) is 23.7 Å². The van der Waals surface area contributed by atoms with E-state index in [1.54, 1.807) is 22.2 Å². The summed E-state index contributed by atoms with van der Waals surface area (Å²) in [7, 11) is 1.84. The van der Waals surface area contributed by atoms with Crippen LogP contribution in [0.4, 0.5) is 5.82 Å². The molecule has 2 aromatic rings. The molecule has 0 spiro atoms. The van der Waals surface area contributed by atoms with Gasteiger partial charge in [0.25, 0.3) is 0 Å². The van der Waals surface area contributed by atoms with Crippen LogP contribution in [0.2, 0.25) is 0 Å². The van der Waals surface area contributed by atoms with Gasteiger partial charge in [0.15, 0.2) is 0 Å². The summed E-state index contributed by atoms with van der Waals surface area (Å²) < 4.78 is 1.68. The molecule has 0 fully saturated rings. The molecule has 12 heavy (non-hydrogen) atoms. The van der Waals surface area contributed by atoms with Gasteiger partial charge < -0.3 is 5.73 Å². The van der Waals surface area contributed by atoms with Crippen molar-refractivity contribution in [3.63, 3.8) is 0 Å². The SMILES string of the molecule is Cn1ncc(-c2cccs2)c1N. The summed E-state index contributed by atoms with van der Waals surface area (Å²) in [5.74, 6) is 0.720. The number of rotatable bonds is 1. The van der Waals surface area contributed by atoms with E-state index in [2.05, 4.69) is 5.10 Å². The summed E-state index contributed by atoms with van der Waals surface area (Å²) in [5, 5.41) is 6.10. The molecular formula is C8H9N3S. The lowest BCUT2D eigenvalue weighted by Gasteiger charge is -1.95. The molecule has 2 rings (SSSR count).